The van der Waals surface area contributed by atoms with Crippen LogP contribution in [-0.4, -0.2) is 37.6 Å². The largest absolute Gasteiger partial charge is 0.368 e. The zero-order valence-corrected chi connectivity index (χ0v) is 23.2. The number of aryl methyl sites for hydroxylation is 2. The molecule has 4 rings (SSSR count). The molecule has 0 bridgehead atoms. The van der Waals surface area contributed by atoms with E-state index in [0.29, 0.717) is 5.92 Å². The van der Waals surface area contributed by atoms with Gasteiger partial charge in [-0.25, -0.2) is 0 Å². The van der Waals surface area contributed by atoms with Crippen LogP contribution in [0.15, 0.2) is 54.9 Å². The molecule has 1 fully saturated rings. The Morgan fingerprint density at radius 2 is 1.83 bits per heavy atom. The topological polar surface area (TPSA) is 30.5 Å². The number of hydrogen-bond donors (Lipinski definition) is 2. The first-order valence-corrected chi connectivity index (χ1v) is 14.0. The fourth-order valence-corrected chi connectivity index (χ4v) is 5.36. The molecule has 0 saturated carbocycles. The number of benzene rings is 2. The molecule has 2 aliphatic heterocycles. The molecular formula is C31H43ClN4. The molecule has 2 aliphatic rings. The zero-order chi connectivity index (χ0) is 25.7. The molecule has 2 heterocycles. The summed E-state index contributed by atoms with van der Waals surface area (Å²) in [7, 11) is 0. The Kier molecular flexibility index (Phi) is 9.03. The van der Waals surface area contributed by atoms with Crippen molar-refractivity contribution in [3.8, 4) is 0 Å². The smallest absolute Gasteiger partial charge is 0.0689 e. The summed E-state index contributed by atoms with van der Waals surface area (Å²) in [6.45, 7) is 20.0. The lowest BCUT2D eigenvalue weighted by molar-refractivity contribution is 0.252. The molecule has 0 atom stereocenters. The molecule has 1 saturated heterocycles. The number of unbranched alkanes of at least 4 members (excludes halogenated alkanes) is 2. The first kappa shape index (κ1) is 26.6. The molecule has 194 valence electrons. The van der Waals surface area contributed by atoms with Gasteiger partial charge in [0.15, 0.2) is 0 Å². The Hall–Kier alpha value is -2.43. The maximum absolute atomic E-state index is 6.81. The Morgan fingerprint density at radius 3 is 2.58 bits per heavy atom. The number of nitrogens with zero attached hydrogens (tertiary/aromatic N) is 2. The summed E-state index contributed by atoms with van der Waals surface area (Å²) in [5.41, 5.74) is 9.58. The van der Waals surface area contributed by atoms with Crippen molar-refractivity contribution in [2.45, 2.75) is 59.3 Å². The van der Waals surface area contributed by atoms with E-state index in [2.05, 4.69) is 84.7 Å². The maximum Gasteiger partial charge on any atom is 0.0689 e. The van der Waals surface area contributed by atoms with Crippen LogP contribution < -0.4 is 15.5 Å². The van der Waals surface area contributed by atoms with Gasteiger partial charge < -0.3 is 15.5 Å². The van der Waals surface area contributed by atoms with Crippen molar-refractivity contribution in [1.29, 1.82) is 0 Å². The van der Waals surface area contributed by atoms with E-state index in [9.17, 15) is 0 Å². The normalized spacial score (nSPS) is 16.1. The van der Waals surface area contributed by atoms with E-state index in [1.54, 1.807) is 0 Å². The minimum absolute atomic E-state index is 0.387. The summed E-state index contributed by atoms with van der Waals surface area (Å²) in [5, 5.41) is 7.75. The highest BCUT2D eigenvalue weighted by molar-refractivity contribution is 6.34. The highest BCUT2D eigenvalue weighted by Gasteiger charge is 2.20. The van der Waals surface area contributed by atoms with Crippen LogP contribution in [0.2, 0.25) is 5.02 Å². The quantitative estimate of drug-likeness (QED) is 0.324. The number of halogens is 1. The molecule has 4 nitrogen and oxygen atoms in total. The molecule has 0 unspecified atom stereocenters. The van der Waals surface area contributed by atoms with E-state index >= 15 is 0 Å². The molecule has 0 amide bonds. The van der Waals surface area contributed by atoms with E-state index in [-0.39, 0.29) is 0 Å². The molecule has 2 N–H and O–H groups in total. The van der Waals surface area contributed by atoms with Gasteiger partial charge in [-0.3, -0.25) is 4.90 Å². The van der Waals surface area contributed by atoms with E-state index in [1.807, 2.05) is 0 Å². The van der Waals surface area contributed by atoms with Crippen molar-refractivity contribution in [3.05, 3.63) is 76.6 Å². The predicted molar refractivity (Wildman–Crippen MR) is 158 cm³/mol. The van der Waals surface area contributed by atoms with Crippen molar-refractivity contribution in [2.24, 2.45) is 5.92 Å². The van der Waals surface area contributed by atoms with Crippen LogP contribution in [0.3, 0.4) is 0 Å². The molecule has 0 aliphatic carbocycles. The van der Waals surface area contributed by atoms with Gasteiger partial charge in [0.1, 0.15) is 0 Å². The number of piperazine rings is 1. The number of rotatable bonds is 10. The van der Waals surface area contributed by atoms with Crippen molar-refractivity contribution in [1.82, 2.24) is 4.90 Å². The van der Waals surface area contributed by atoms with Crippen LogP contribution in [0.1, 0.15) is 56.2 Å². The Balaban J connectivity index is 1.18. The lowest BCUT2D eigenvalue weighted by atomic mass is 9.98. The van der Waals surface area contributed by atoms with Crippen LogP contribution in [0.4, 0.5) is 17.1 Å². The number of hydrogen-bond acceptors (Lipinski definition) is 4. The van der Waals surface area contributed by atoms with Crippen LogP contribution >= 0.6 is 11.6 Å². The van der Waals surface area contributed by atoms with Gasteiger partial charge in [-0.1, -0.05) is 57.2 Å². The molecule has 0 spiro atoms. The van der Waals surface area contributed by atoms with Gasteiger partial charge in [0.25, 0.3) is 0 Å². The Labute approximate surface area is 223 Å². The van der Waals surface area contributed by atoms with E-state index < -0.39 is 0 Å². The molecule has 5 heteroatoms. The van der Waals surface area contributed by atoms with Crippen LogP contribution in [0.5, 0.6) is 0 Å². The van der Waals surface area contributed by atoms with Gasteiger partial charge in [0.2, 0.25) is 0 Å². The summed E-state index contributed by atoms with van der Waals surface area (Å²) >= 11 is 6.81. The third-order valence-electron chi connectivity index (χ3n) is 7.69. The zero-order valence-electron chi connectivity index (χ0n) is 22.4. The third-order valence-corrected chi connectivity index (χ3v) is 8.17. The van der Waals surface area contributed by atoms with Gasteiger partial charge >= 0.3 is 0 Å². The summed E-state index contributed by atoms with van der Waals surface area (Å²) in [4.78, 5) is 5.04. The third kappa shape index (κ3) is 6.66. The lowest BCUT2D eigenvalue weighted by Crippen LogP contribution is -2.46. The van der Waals surface area contributed by atoms with Gasteiger partial charge in [-0.2, -0.15) is 0 Å². The number of fused-ring (bicyclic) bond motifs is 1. The summed E-state index contributed by atoms with van der Waals surface area (Å²) in [5.74, 6) is 0.387. The number of nitrogens with one attached hydrogen (secondary N) is 2. The van der Waals surface area contributed by atoms with Gasteiger partial charge in [-0.15, -0.1) is 0 Å². The fourth-order valence-electron chi connectivity index (χ4n) is 5.07. The monoisotopic (exact) mass is 506 g/mol. The highest BCUT2D eigenvalue weighted by Crippen LogP contribution is 2.35. The van der Waals surface area contributed by atoms with Crippen molar-refractivity contribution in [3.63, 3.8) is 0 Å². The average molecular weight is 507 g/mol. The second kappa shape index (κ2) is 12.2. The standard InChI is InChI=1S/C31H43ClN4/c1-22(2)25(5)34-28-14-15-30(31(32)24(28)4)36-19-17-35(18-20-36)16-8-6-7-9-26-11-13-27-12-10-23(3)33-29(27)21-26/h11,13-15,21-22,33-34H,3,5-10,12,16-20H2,1-2,4H3. The molecule has 2 aromatic rings. The van der Waals surface area contributed by atoms with Gasteiger partial charge in [0, 0.05) is 48.9 Å². The molecular weight excluding hydrogens is 464 g/mol. The second-order valence-corrected chi connectivity index (χ2v) is 11.1. The molecule has 0 radical (unpaired) electrons. The van der Waals surface area contributed by atoms with Gasteiger partial charge in [0.05, 0.1) is 10.7 Å². The minimum atomic E-state index is 0.387. The summed E-state index contributed by atoms with van der Waals surface area (Å²) < 4.78 is 0. The van der Waals surface area contributed by atoms with Crippen LogP contribution in [0, 0.1) is 12.8 Å². The molecule has 0 aromatic heterocycles. The summed E-state index contributed by atoms with van der Waals surface area (Å²) in [6, 6.07) is 11.2. The van der Waals surface area contributed by atoms with E-state index in [4.69, 9.17) is 11.6 Å². The van der Waals surface area contributed by atoms with Crippen molar-refractivity contribution in [2.75, 3.05) is 48.3 Å². The Morgan fingerprint density at radius 1 is 1.06 bits per heavy atom. The first-order chi connectivity index (χ1) is 17.3. The first-order valence-electron chi connectivity index (χ1n) is 13.6. The van der Waals surface area contributed by atoms with Crippen molar-refractivity contribution < 1.29 is 0 Å². The van der Waals surface area contributed by atoms with Crippen LogP contribution in [0.25, 0.3) is 0 Å². The molecule has 2 aromatic carbocycles. The average Bonchev–Trinajstić information content (AvgIpc) is 2.87. The fraction of sp³-hybridized carbons (Fsp3) is 0.484. The number of anilines is 3. The lowest BCUT2D eigenvalue weighted by Gasteiger charge is -2.37. The Bertz CT molecular complexity index is 1080. The predicted octanol–water partition coefficient (Wildman–Crippen LogP) is 7.64. The maximum atomic E-state index is 6.81. The minimum Gasteiger partial charge on any atom is -0.368 e. The summed E-state index contributed by atoms with van der Waals surface area (Å²) in [6.07, 6.45) is 7.10. The molecule has 36 heavy (non-hydrogen) atoms. The van der Waals surface area contributed by atoms with E-state index in [1.165, 1.54) is 42.6 Å². The van der Waals surface area contributed by atoms with E-state index in [0.717, 1.165) is 78.8 Å². The van der Waals surface area contributed by atoms with Crippen LogP contribution in [-0.2, 0) is 12.8 Å². The second-order valence-electron chi connectivity index (χ2n) is 10.7. The van der Waals surface area contributed by atoms with Crippen molar-refractivity contribution >= 4 is 28.7 Å². The SMILES string of the molecule is C=C1CCc2ccc(CCCCCN3CCN(c4ccc(NC(=C)C(C)C)c(C)c4Cl)CC3)cc2N1. The highest BCUT2D eigenvalue weighted by atomic mass is 35.5. The number of allylic oxidation sites excluding steroid dienone is 2. The van der Waals surface area contributed by atoms with Gasteiger partial charge in [-0.05, 0) is 86.4 Å².